The molecule has 1 aromatic heterocycles. The first-order valence-electron chi connectivity index (χ1n) is 7.47. The van der Waals surface area contributed by atoms with Crippen molar-refractivity contribution in [1.29, 1.82) is 5.26 Å². The molecule has 0 saturated carbocycles. The molecule has 3 aromatic rings. The van der Waals surface area contributed by atoms with E-state index in [-0.39, 0.29) is 23.9 Å². The highest BCUT2D eigenvalue weighted by Crippen LogP contribution is 2.31. The lowest BCUT2D eigenvalue weighted by molar-refractivity contribution is 0.0692. The van der Waals surface area contributed by atoms with Gasteiger partial charge < -0.3 is 18.6 Å². The number of hydrogen-bond donors (Lipinski definition) is 0. The first-order chi connectivity index (χ1) is 12.2. The van der Waals surface area contributed by atoms with Crippen LogP contribution in [0.15, 0.2) is 46.9 Å². The second kappa shape index (κ2) is 7.07. The Kier molecular flexibility index (Phi) is 4.68. The van der Waals surface area contributed by atoms with Crippen molar-refractivity contribution >= 4 is 16.9 Å². The van der Waals surface area contributed by atoms with Gasteiger partial charge in [0, 0.05) is 24.1 Å². The van der Waals surface area contributed by atoms with E-state index in [1.807, 2.05) is 24.3 Å². The monoisotopic (exact) mass is 337 g/mol. The summed E-state index contributed by atoms with van der Waals surface area (Å²) in [5.74, 6) is -0.0900. The topological polar surface area (TPSA) is 81.7 Å². The number of furan rings is 1. The lowest BCUT2D eigenvalue weighted by Gasteiger charge is -2.09. The summed E-state index contributed by atoms with van der Waals surface area (Å²) in [5.41, 5.74) is 1.60. The number of nitrogens with zero attached hydrogens (tertiary/aromatic N) is 1. The van der Waals surface area contributed by atoms with Crippen LogP contribution < -0.4 is 9.47 Å². The van der Waals surface area contributed by atoms with Crippen molar-refractivity contribution in [2.45, 2.75) is 6.61 Å². The first-order valence-corrected chi connectivity index (χ1v) is 7.47. The zero-order chi connectivity index (χ0) is 17.8. The van der Waals surface area contributed by atoms with Crippen LogP contribution in [0.5, 0.6) is 11.5 Å². The molecule has 0 unspecified atom stereocenters. The summed E-state index contributed by atoms with van der Waals surface area (Å²) in [6.45, 7) is 0.214. The molecule has 0 bridgehead atoms. The lowest BCUT2D eigenvalue weighted by atomic mass is 10.1. The summed E-state index contributed by atoms with van der Waals surface area (Å²) >= 11 is 0. The molecule has 0 saturated heterocycles. The smallest absolute Gasteiger partial charge is 0.380 e. The third kappa shape index (κ3) is 3.18. The SMILES string of the molecule is COCc1c(C(=O)Oc2ccc(C#N)cc2OC)oc2ccccc12. The quantitative estimate of drug-likeness (QED) is 0.522. The summed E-state index contributed by atoms with van der Waals surface area (Å²) in [6, 6.07) is 13.9. The van der Waals surface area contributed by atoms with E-state index in [4.69, 9.17) is 23.9 Å². The molecule has 0 spiro atoms. The van der Waals surface area contributed by atoms with E-state index in [2.05, 4.69) is 0 Å². The predicted molar refractivity (Wildman–Crippen MR) is 89.6 cm³/mol. The molecule has 3 rings (SSSR count). The van der Waals surface area contributed by atoms with E-state index in [1.165, 1.54) is 19.2 Å². The van der Waals surface area contributed by atoms with Gasteiger partial charge in [0.1, 0.15) is 5.58 Å². The Labute approximate surface area is 144 Å². The van der Waals surface area contributed by atoms with Gasteiger partial charge in [-0.25, -0.2) is 4.79 Å². The minimum absolute atomic E-state index is 0.0782. The molecule has 2 aromatic carbocycles. The maximum atomic E-state index is 12.6. The highest BCUT2D eigenvalue weighted by molar-refractivity contribution is 5.97. The molecule has 0 aliphatic heterocycles. The Morgan fingerprint density at radius 1 is 1.16 bits per heavy atom. The normalized spacial score (nSPS) is 10.4. The van der Waals surface area contributed by atoms with E-state index in [9.17, 15) is 4.79 Å². The maximum absolute atomic E-state index is 12.6. The Bertz CT molecular complexity index is 968. The molecule has 0 aliphatic rings. The molecule has 25 heavy (non-hydrogen) atoms. The average Bonchev–Trinajstić information content (AvgIpc) is 3.01. The van der Waals surface area contributed by atoms with Crippen LogP contribution in [0.25, 0.3) is 11.0 Å². The molecule has 0 N–H and O–H groups in total. The van der Waals surface area contributed by atoms with Gasteiger partial charge in [0.25, 0.3) is 0 Å². The number of rotatable bonds is 5. The number of hydrogen-bond acceptors (Lipinski definition) is 6. The summed E-state index contributed by atoms with van der Waals surface area (Å²) < 4.78 is 21.4. The summed E-state index contributed by atoms with van der Waals surface area (Å²) in [7, 11) is 2.98. The molecule has 6 heteroatoms. The average molecular weight is 337 g/mol. The van der Waals surface area contributed by atoms with Crippen molar-refractivity contribution in [3.05, 3.63) is 59.4 Å². The van der Waals surface area contributed by atoms with E-state index in [0.717, 1.165) is 5.39 Å². The van der Waals surface area contributed by atoms with Crippen LogP contribution >= 0.6 is 0 Å². The predicted octanol–water partition coefficient (Wildman–Crippen LogP) is 3.68. The van der Waals surface area contributed by atoms with Gasteiger partial charge in [0.05, 0.1) is 25.3 Å². The van der Waals surface area contributed by atoms with Crippen molar-refractivity contribution in [1.82, 2.24) is 0 Å². The van der Waals surface area contributed by atoms with Crippen LogP contribution in [0.4, 0.5) is 0 Å². The van der Waals surface area contributed by atoms with Crippen molar-refractivity contribution in [2.24, 2.45) is 0 Å². The number of carbonyl (C=O) groups is 1. The molecule has 0 amide bonds. The molecule has 6 nitrogen and oxygen atoms in total. The Morgan fingerprint density at radius 2 is 1.96 bits per heavy atom. The minimum atomic E-state index is -0.661. The standard InChI is InChI=1S/C19H15NO5/c1-22-11-14-13-5-3-4-6-15(13)24-18(14)19(21)25-16-8-7-12(10-20)9-17(16)23-2/h3-9H,11H2,1-2H3. The van der Waals surface area contributed by atoms with Gasteiger partial charge in [-0.05, 0) is 18.2 Å². The van der Waals surface area contributed by atoms with Crippen molar-refractivity contribution in [3.63, 3.8) is 0 Å². The van der Waals surface area contributed by atoms with Crippen molar-refractivity contribution in [2.75, 3.05) is 14.2 Å². The van der Waals surface area contributed by atoms with Gasteiger partial charge in [0.2, 0.25) is 5.76 Å². The third-order valence-corrected chi connectivity index (χ3v) is 3.67. The van der Waals surface area contributed by atoms with E-state index in [1.54, 1.807) is 19.2 Å². The number of carbonyl (C=O) groups excluding carboxylic acids is 1. The fourth-order valence-electron chi connectivity index (χ4n) is 2.52. The van der Waals surface area contributed by atoms with Crippen LogP contribution in [0.1, 0.15) is 21.7 Å². The van der Waals surface area contributed by atoms with E-state index >= 15 is 0 Å². The zero-order valence-electron chi connectivity index (χ0n) is 13.7. The molecule has 0 atom stereocenters. The zero-order valence-corrected chi connectivity index (χ0v) is 13.7. The van der Waals surface area contributed by atoms with Crippen LogP contribution in [0.3, 0.4) is 0 Å². The number of esters is 1. The number of para-hydroxylation sites is 1. The fourth-order valence-corrected chi connectivity index (χ4v) is 2.52. The molecule has 1 heterocycles. The van der Waals surface area contributed by atoms with Crippen molar-refractivity contribution < 1.29 is 23.4 Å². The van der Waals surface area contributed by atoms with Crippen molar-refractivity contribution in [3.8, 4) is 17.6 Å². The summed E-state index contributed by atoms with van der Waals surface area (Å²) in [5, 5.41) is 9.74. The van der Waals surface area contributed by atoms with Gasteiger partial charge in [0.15, 0.2) is 11.5 Å². The number of methoxy groups -OCH3 is 2. The van der Waals surface area contributed by atoms with Gasteiger partial charge in [-0.15, -0.1) is 0 Å². The van der Waals surface area contributed by atoms with Crippen LogP contribution in [-0.2, 0) is 11.3 Å². The van der Waals surface area contributed by atoms with Gasteiger partial charge >= 0.3 is 5.97 Å². The Hall–Kier alpha value is -3.30. The minimum Gasteiger partial charge on any atom is -0.493 e. The van der Waals surface area contributed by atoms with Gasteiger partial charge in [-0.3, -0.25) is 0 Å². The van der Waals surface area contributed by atoms with Crippen LogP contribution in [-0.4, -0.2) is 20.2 Å². The lowest BCUT2D eigenvalue weighted by Crippen LogP contribution is -2.11. The number of ether oxygens (including phenoxy) is 3. The fraction of sp³-hybridized carbons (Fsp3) is 0.158. The Morgan fingerprint density at radius 3 is 2.68 bits per heavy atom. The molecule has 0 radical (unpaired) electrons. The molecule has 0 aliphatic carbocycles. The summed E-state index contributed by atoms with van der Waals surface area (Å²) in [6.07, 6.45) is 0. The molecule has 0 fully saturated rings. The number of nitriles is 1. The number of fused-ring (bicyclic) bond motifs is 1. The highest BCUT2D eigenvalue weighted by atomic mass is 16.6. The van der Waals surface area contributed by atoms with E-state index in [0.29, 0.717) is 16.7 Å². The maximum Gasteiger partial charge on any atom is 0.380 e. The molecular weight excluding hydrogens is 322 g/mol. The molecular formula is C19H15NO5. The van der Waals surface area contributed by atoms with Gasteiger partial charge in [-0.1, -0.05) is 18.2 Å². The second-order valence-corrected chi connectivity index (χ2v) is 5.21. The van der Waals surface area contributed by atoms with Crippen LogP contribution in [0.2, 0.25) is 0 Å². The highest BCUT2D eigenvalue weighted by Gasteiger charge is 2.23. The second-order valence-electron chi connectivity index (χ2n) is 5.21. The Balaban J connectivity index is 1.98. The third-order valence-electron chi connectivity index (χ3n) is 3.67. The van der Waals surface area contributed by atoms with Crippen LogP contribution in [0, 0.1) is 11.3 Å². The number of benzene rings is 2. The largest absolute Gasteiger partial charge is 0.493 e. The molecule has 126 valence electrons. The van der Waals surface area contributed by atoms with Gasteiger partial charge in [-0.2, -0.15) is 5.26 Å². The summed E-state index contributed by atoms with van der Waals surface area (Å²) in [4.78, 5) is 12.6. The first kappa shape index (κ1) is 16.6. The van der Waals surface area contributed by atoms with E-state index < -0.39 is 5.97 Å².